The molecule has 0 fully saturated rings. The number of hydrogen-bond donors (Lipinski definition) is 0. The van der Waals surface area contributed by atoms with Crippen molar-refractivity contribution in [3.63, 3.8) is 0 Å². The first kappa shape index (κ1) is 33.6. The Morgan fingerprint density at radius 1 is 0.383 bits per heavy atom. The number of benzene rings is 9. The number of fused-ring (bicyclic) bond motifs is 15. The number of hydrogen-bond acceptors (Lipinski definition) is 2. The smallest absolute Gasteiger partial charge is 0.171 e. The summed E-state index contributed by atoms with van der Waals surface area (Å²) >= 11 is 0. The molecule has 0 saturated heterocycles. The van der Waals surface area contributed by atoms with Gasteiger partial charge in [-0.25, -0.2) is 0 Å². The predicted molar refractivity (Wildman–Crippen MR) is 246 cm³/mol. The molecule has 2 aliphatic heterocycles. The minimum absolute atomic E-state index is 0.692. The van der Waals surface area contributed by atoms with Gasteiger partial charge < -0.3 is 18.4 Å². The molecule has 0 aliphatic carbocycles. The number of para-hydroxylation sites is 5. The largest absolute Gasteiger partial charge is 0.454 e. The van der Waals surface area contributed by atoms with Crippen LogP contribution in [0.5, 0.6) is 11.5 Å². The van der Waals surface area contributed by atoms with Crippen LogP contribution in [0.1, 0.15) is 22.3 Å². The molecule has 0 bridgehead atoms. The molecular weight excluding hydrogens is 752 g/mol. The zero-order valence-corrected chi connectivity index (χ0v) is 33.3. The molecule has 0 radical (unpaired) electrons. The molecule has 0 amide bonds. The van der Waals surface area contributed by atoms with Gasteiger partial charge in [-0.3, -0.25) is 0 Å². The lowest BCUT2D eigenvalue weighted by molar-refractivity contribution is 0.438. The zero-order valence-electron chi connectivity index (χ0n) is 32.4. The van der Waals surface area contributed by atoms with Gasteiger partial charge in [-0.05, 0) is 59.7 Å². The van der Waals surface area contributed by atoms with Gasteiger partial charge in [-0.1, -0.05) is 164 Å². The van der Waals surface area contributed by atoms with Crippen LogP contribution in [0.25, 0.3) is 55.0 Å². The van der Waals surface area contributed by atoms with E-state index in [9.17, 15) is 0 Å². The van der Waals surface area contributed by atoms with E-state index in [0.29, 0.717) is 0 Å². The Bertz CT molecular complexity index is 3560. The van der Waals surface area contributed by atoms with E-state index in [2.05, 4.69) is 161 Å². The van der Waals surface area contributed by atoms with Crippen LogP contribution in [-0.4, -0.2) is 9.13 Å². The molecule has 4 nitrogen and oxygen atoms in total. The summed E-state index contributed by atoms with van der Waals surface area (Å²) in [5.41, 5.74) is 10.6. The van der Waals surface area contributed by atoms with Crippen molar-refractivity contribution >= 4 is 66.7 Å². The molecule has 2 aliphatic rings. The van der Waals surface area contributed by atoms with Crippen LogP contribution in [0, 0.1) is 0 Å². The third-order valence-electron chi connectivity index (χ3n) is 13.1. The Kier molecular flexibility index (Phi) is 6.89. The number of aromatic nitrogens is 2. The molecule has 4 heterocycles. The second-order valence-corrected chi connectivity index (χ2v) is 18.7. The van der Waals surface area contributed by atoms with Gasteiger partial charge in [-0.15, -0.1) is 0 Å². The van der Waals surface area contributed by atoms with Crippen LogP contribution < -0.4 is 20.7 Å². The first-order valence-electron chi connectivity index (χ1n) is 20.5. The lowest BCUT2D eigenvalue weighted by Crippen LogP contribution is -2.37. The first-order valence-corrected chi connectivity index (χ1v) is 22.2. The molecule has 282 valence electrons. The summed E-state index contributed by atoms with van der Waals surface area (Å²) < 4.78 is 27.5. The quantitative estimate of drug-likeness (QED) is 0.167. The lowest BCUT2D eigenvalue weighted by Gasteiger charge is -2.45. The number of nitrogens with zero attached hydrogens (tertiary/aromatic N) is 2. The minimum atomic E-state index is -3.17. The van der Waals surface area contributed by atoms with Crippen molar-refractivity contribution in [3.8, 4) is 22.9 Å². The fraction of sp³-hybridized carbons (Fsp3) is 0.0182. The van der Waals surface area contributed by atoms with Gasteiger partial charge in [0.25, 0.3) is 0 Å². The van der Waals surface area contributed by atoms with Crippen LogP contribution in [0.2, 0.25) is 0 Å². The maximum atomic E-state index is 15.4. The predicted octanol–water partition coefficient (Wildman–Crippen LogP) is 12.3. The van der Waals surface area contributed by atoms with Crippen LogP contribution in [-0.2, 0) is 9.98 Å². The van der Waals surface area contributed by atoms with E-state index in [1.54, 1.807) is 0 Å². The van der Waals surface area contributed by atoms with Crippen LogP contribution in [0.15, 0.2) is 212 Å². The van der Waals surface area contributed by atoms with Gasteiger partial charge in [0.2, 0.25) is 0 Å². The van der Waals surface area contributed by atoms with Gasteiger partial charge >= 0.3 is 0 Å². The summed E-state index contributed by atoms with van der Waals surface area (Å²) in [4.78, 5) is 0. The van der Waals surface area contributed by atoms with E-state index in [-0.39, 0.29) is 0 Å². The average Bonchev–Trinajstić information content (AvgIpc) is 3.85. The Morgan fingerprint density at radius 3 is 1.63 bits per heavy atom. The summed E-state index contributed by atoms with van der Waals surface area (Å²) in [5.74, 6) is 1.68. The topological polar surface area (TPSA) is 36.2 Å². The van der Waals surface area contributed by atoms with Crippen molar-refractivity contribution < 1.29 is 9.30 Å². The van der Waals surface area contributed by atoms with Crippen molar-refractivity contribution in [3.05, 3.63) is 235 Å². The zero-order chi connectivity index (χ0) is 39.6. The minimum Gasteiger partial charge on any atom is -0.454 e. The van der Waals surface area contributed by atoms with E-state index < -0.39 is 12.6 Å². The van der Waals surface area contributed by atoms with Crippen molar-refractivity contribution in [1.82, 2.24) is 9.13 Å². The maximum absolute atomic E-state index is 15.4. The third-order valence-corrected chi connectivity index (χ3v) is 16.1. The molecule has 60 heavy (non-hydrogen) atoms. The number of rotatable bonds is 4. The first-order chi connectivity index (χ1) is 29.7. The van der Waals surface area contributed by atoms with Crippen LogP contribution in [0.3, 0.4) is 0 Å². The summed E-state index contributed by atoms with van der Waals surface area (Å²) in [6, 6.07) is 74.4. The molecule has 11 aromatic rings. The van der Waals surface area contributed by atoms with Crippen molar-refractivity contribution in [2.24, 2.45) is 0 Å². The highest BCUT2D eigenvalue weighted by atomic mass is 31.2. The van der Waals surface area contributed by atoms with E-state index in [1.807, 2.05) is 60.7 Å². The van der Waals surface area contributed by atoms with Gasteiger partial charge in [-0.2, -0.15) is 0 Å². The average molecular weight is 787 g/mol. The highest BCUT2D eigenvalue weighted by Gasteiger charge is 2.51. The monoisotopic (exact) mass is 786 g/mol. The molecule has 0 saturated carbocycles. The molecule has 1 unspecified atom stereocenters. The standard InChI is InChI=1S/C55H35N2O2P/c58-60(37-16-3-1-4-17-37,38-18-5-2-6-19-38)39-32-30-36(31-33-39)56-48-26-11-7-21-41(48)43-34-35-47-54(53(43)56)59-51-29-14-10-24-45(51)55(47)44-23-9-13-28-50(44)57-49-27-12-8-20-40(49)42-22-15-25-46(55)52(42)57/h1-35H. The highest BCUT2D eigenvalue weighted by Crippen LogP contribution is 2.62. The molecule has 13 rings (SSSR count). The second kappa shape index (κ2) is 12.3. The summed E-state index contributed by atoms with van der Waals surface area (Å²) in [5, 5.41) is 7.15. The SMILES string of the molecule is O=P(c1ccccc1)(c1ccccc1)c1ccc(-n2c3ccccc3c3ccc4c(c32)Oc2ccccc2C42c3ccccc3-n3c4ccccc4c4cccc2c43)cc1. The van der Waals surface area contributed by atoms with Crippen LogP contribution in [0.4, 0.5) is 0 Å². The molecule has 1 spiro atoms. The van der Waals surface area contributed by atoms with Gasteiger partial charge in [0.1, 0.15) is 5.75 Å². The normalized spacial score (nSPS) is 15.3. The van der Waals surface area contributed by atoms with Crippen molar-refractivity contribution in [2.75, 3.05) is 0 Å². The maximum Gasteiger partial charge on any atom is 0.171 e. The lowest BCUT2D eigenvalue weighted by atomic mass is 9.61. The Hall–Kier alpha value is -7.39. The molecule has 1 atom stereocenters. The second-order valence-electron chi connectivity index (χ2n) is 15.9. The van der Waals surface area contributed by atoms with Crippen molar-refractivity contribution in [2.45, 2.75) is 5.41 Å². The highest BCUT2D eigenvalue weighted by molar-refractivity contribution is 7.85. The van der Waals surface area contributed by atoms with Gasteiger partial charge in [0, 0.05) is 54.3 Å². The molecular formula is C55H35N2O2P. The van der Waals surface area contributed by atoms with E-state index in [0.717, 1.165) is 66.0 Å². The number of ether oxygens (including phenoxy) is 1. The Balaban J connectivity index is 1.12. The molecule has 2 aromatic heterocycles. The van der Waals surface area contributed by atoms with E-state index in [4.69, 9.17) is 4.74 Å². The summed E-state index contributed by atoms with van der Waals surface area (Å²) in [7, 11) is -3.17. The molecule has 9 aromatic carbocycles. The fourth-order valence-corrected chi connectivity index (χ4v) is 13.3. The fourth-order valence-electron chi connectivity index (χ4n) is 10.6. The summed E-state index contributed by atoms with van der Waals surface area (Å²) in [6.07, 6.45) is 0. The van der Waals surface area contributed by atoms with E-state index >= 15 is 4.57 Å². The Morgan fingerprint density at radius 2 is 0.917 bits per heavy atom. The van der Waals surface area contributed by atoms with Crippen LogP contribution >= 0.6 is 7.14 Å². The van der Waals surface area contributed by atoms with E-state index in [1.165, 1.54) is 38.6 Å². The Labute approximate surface area is 346 Å². The van der Waals surface area contributed by atoms with Crippen molar-refractivity contribution in [1.29, 1.82) is 0 Å². The molecule has 5 heteroatoms. The molecule has 0 N–H and O–H groups in total. The summed E-state index contributed by atoms with van der Waals surface area (Å²) in [6.45, 7) is 0. The van der Waals surface area contributed by atoms with Gasteiger partial charge in [0.15, 0.2) is 12.9 Å². The van der Waals surface area contributed by atoms with Gasteiger partial charge in [0.05, 0.1) is 33.2 Å². The third kappa shape index (κ3) is 4.23.